The summed E-state index contributed by atoms with van der Waals surface area (Å²) in [5.41, 5.74) is 7.39. The lowest BCUT2D eigenvalue weighted by molar-refractivity contribution is -0.120. The highest BCUT2D eigenvalue weighted by atomic mass is 16.5. The minimum atomic E-state index is -0.630. The number of ether oxygens (including phenoxy) is 3. The summed E-state index contributed by atoms with van der Waals surface area (Å²) in [7, 11) is 2.88. The Morgan fingerprint density at radius 1 is 1.12 bits per heavy atom. The molecule has 3 rings (SSSR count). The van der Waals surface area contributed by atoms with Gasteiger partial charge in [0.05, 0.1) is 14.2 Å². The molecule has 0 aliphatic carbocycles. The number of nitrogens with zero attached hydrogens (tertiary/aromatic N) is 1. The zero-order valence-electron chi connectivity index (χ0n) is 18.8. The van der Waals surface area contributed by atoms with E-state index in [-0.39, 0.29) is 29.8 Å². The van der Waals surface area contributed by atoms with Crippen molar-refractivity contribution in [2.24, 2.45) is 11.7 Å². The van der Waals surface area contributed by atoms with Gasteiger partial charge in [0.1, 0.15) is 0 Å². The van der Waals surface area contributed by atoms with Crippen molar-refractivity contribution >= 4 is 17.5 Å². The Hall–Kier alpha value is -3.26. The molecule has 1 unspecified atom stereocenters. The Morgan fingerprint density at radius 2 is 1.78 bits per heavy atom. The number of hydrogen-bond acceptors (Lipinski definition) is 6. The fourth-order valence-corrected chi connectivity index (χ4v) is 3.88. The van der Waals surface area contributed by atoms with Gasteiger partial charge in [-0.2, -0.15) is 0 Å². The van der Waals surface area contributed by atoms with Crippen LogP contribution >= 0.6 is 0 Å². The molecule has 0 aromatic heterocycles. The first-order valence-corrected chi connectivity index (χ1v) is 10.7. The van der Waals surface area contributed by atoms with Crippen LogP contribution in [0.2, 0.25) is 0 Å². The molecule has 1 aliphatic rings. The number of carbonyl (C=O) groups excluding carboxylic acids is 2. The van der Waals surface area contributed by atoms with E-state index in [0.29, 0.717) is 11.3 Å². The lowest BCUT2D eigenvalue weighted by atomic mass is 10.00. The average Bonchev–Trinajstić information content (AvgIpc) is 2.78. The molecule has 8 heteroatoms. The molecule has 1 atom stereocenters. The van der Waals surface area contributed by atoms with E-state index in [1.165, 1.54) is 44.8 Å². The molecule has 0 radical (unpaired) electrons. The predicted molar refractivity (Wildman–Crippen MR) is 122 cm³/mol. The fourth-order valence-electron chi connectivity index (χ4n) is 3.88. The number of anilines is 1. The molecule has 1 aliphatic heterocycles. The molecule has 2 amide bonds. The van der Waals surface area contributed by atoms with Gasteiger partial charge in [-0.25, -0.2) is 0 Å². The van der Waals surface area contributed by atoms with Crippen LogP contribution in [-0.4, -0.2) is 50.6 Å². The van der Waals surface area contributed by atoms with E-state index < -0.39 is 5.91 Å². The Kier molecular flexibility index (Phi) is 7.94. The molecule has 0 bridgehead atoms. The molecule has 1 heterocycles. The SMILES string of the molecule is COc1cc(C(=O)Nc2ccc(CN3CCCC(C)C3)cc2)cc(OC)c1OCC(N)=O. The van der Waals surface area contributed by atoms with Gasteiger partial charge in [-0.1, -0.05) is 19.1 Å². The number of piperidine rings is 1. The summed E-state index contributed by atoms with van der Waals surface area (Å²) in [4.78, 5) is 26.3. The first-order valence-electron chi connectivity index (χ1n) is 10.7. The molecule has 3 N–H and O–H groups in total. The molecule has 1 fully saturated rings. The number of methoxy groups -OCH3 is 2. The van der Waals surface area contributed by atoms with Crippen LogP contribution < -0.4 is 25.3 Å². The summed E-state index contributed by atoms with van der Waals surface area (Å²) < 4.78 is 16.0. The van der Waals surface area contributed by atoms with E-state index in [0.717, 1.165) is 25.6 Å². The monoisotopic (exact) mass is 441 g/mol. The summed E-state index contributed by atoms with van der Waals surface area (Å²) in [5, 5.41) is 2.89. The number of carbonyl (C=O) groups is 2. The minimum absolute atomic E-state index is 0.210. The van der Waals surface area contributed by atoms with Crippen molar-refractivity contribution in [3.63, 3.8) is 0 Å². The van der Waals surface area contributed by atoms with Gasteiger partial charge in [-0.15, -0.1) is 0 Å². The number of primary amides is 1. The van der Waals surface area contributed by atoms with E-state index in [9.17, 15) is 9.59 Å². The van der Waals surface area contributed by atoms with Crippen molar-refractivity contribution in [2.45, 2.75) is 26.3 Å². The number of rotatable bonds is 9. The van der Waals surface area contributed by atoms with E-state index >= 15 is 0 Å². The zero-order valence-corrected chi connectivity index (χ0v) is 18.8. The molecule has 0 spiro atoms. The van der Waals surface area contributed by atoms with Crippen LogP contribution in [0.15, 0.2) is 36.4 Å². The second-order valence-electron chi connectivity index (χ2n) is 8.10. The second kappa shape index (κ2) is 10.9. The highest BCUT2D eigenvalue weighted by Crippen LogP contribution is 2.38. The Bertz CT molecular complexity index is 920. The van der Waals surface area contributed by atoms with Gasteiger partial charge in [-0.05, 0) is 55.1 Å². The van der Waals surface area contributed by atoms with Crippen molar-refractivity contribution in [1.29, 1.82) is 0 Å². The summed E-state index contributed by atoms with van der Waals surface area (Å²) >= 11 is 0. The predicted octanol–water partition coefficient (Wildman–Crippen LogP) is 3.05. The number of nitrogens with two attached hydrogens (primary N) is 1. The van der Waals surface area contributed by atoms with Gasteiger partial charge < -0.3 is 25.3 Å². The summed E-state index contributed by atoms with van der Waals surface area (Å²) in [6.45, 7) is 5.14. The maximum Gasteiger partial charge on any atom is 0.255 e. The van der Waals surface area contributed by atoms with E-state index in [4.69, 9.17) is 19.9 Å². The van der Waals surface area contributed by atoms with Crippen molar-refractivity contribution < 1.29 is 23.8 Å². The van der Waals surface area contributed by atoms with Crippen molar-refractivity contribution in [2.75, 3.05) is 39.2 Å². The lowest BCUT2D eigenvalue weighted by Crippen LogP contribution is -2.33. The van der Waals surface area contributed by atoms with Crippen LogP contribution in [0, 0.1) is 5.92 Å². The second-order valence-corrected chi connectivity index (χ2v) is 8.10. The summed E-state index contributed by atoms with van der Waals surface area (Å²) in [5.74, 6) is 0.532. The zero-order chi connectivity index (χ0) is 23.1. The fraction of sp³-hybridized carbons (Fsp3) is 0.417. The molecule has 8 nitrogen and oxygen atoms in total. The van der Waals surface area contributed by atoms with E-state index in [2.05, 4.69) is 17.1 Å². The molecule has 32 heavy (non-hydrogen) atoms. The van der Waals surface area contributed by atoms with Crippen LogP contribution in [0.25, 0.3) is 0 Å². The molecule has 2 aromatic rings. The van der Waals surface area contributed by atoms with E-state index in [1.54, 1.807) is 0 Å². The Labute approximate surface area is 188 Å². The van der Waals surface area contributed by atoms with E-state index in [1.807, 2.05) is 24.3 Å². The van der Waals surface area contributed by atoms with Crippen LogP contribution in [0.5, 0.6) is 17.2 Å². The maximum atomic E-state index is 12.8. The quantitative estimate of drug-likeness (QED) is 0.620. The van der Waals surface area contributed by atoms with Crippen molar-refractivity contribution in [3.8, 4) is 17.2 Å². The third-order valence-corrected chi connectivity index (χ3v) is 5.44. The first-order chi connectivity index (χ1) is 15.4. The molecular weight excluding hydrogens is 410 g/mol. The van der Waals surface area contributed by atoms with Gasteiger partial charge in [-0.3, -0.25) is 14.5 Å². The molecule has 2 aromatic carbocycles. The largest absolute Gasteiger partial charge is 0.493 e. The number of hydrogen-bond donors (Lipinski definition) is 2. The third-order valence-electron chi connectivity index (χ3n) is 5.44. The standard InChI is InChI=1S/C24H31N3O5/c1-16-5-4-10-27(13-16)14-17-6-8-19(9-7-17)26-24(29)18-11-20(30-2)23(21(12-18)31-3)32-15-22(25)28/h6-9,11-12,16H,4-5,10,13-15H2,1-3H3,(H2,25,28)(H,26,29). The topological polar surface area (TPSA) is 103 Å². The maximum absolute atomic E-state index is 12.8. The van der Waals surface area contributed by atoms with Gasteiger partial charge in [0, 0.05) is 24.3 Å². The number of benzene rings is 2. The molecule has 1 saturated heterocycles. The molecular formula is C24H31N3O5. The smallest absolute Gasteiger partial charge is 0.255 e. The van der Waals surface area contributed by atoms with Crippen molar-refractivity contribution in [3.05, 3.63) is 47.5 Å². The first kappa shape index (κ1) is 23.4. The third kappa shape index (κ3) is 6.13. The number of amides is 2. The van der Waals surface area contributed by atoms with Crippen molar-refractivity contribution in [1.82, 2.24) is 4.90 Å². The lowest BCUT2D eigenvalue weighted by Gasteiger charge is -2.30. The van der Waals surface area contributed by atoms with Gasteiger partial charge in [0.15, 0.2) is 18.1 Å². The van der Waals surface area contributed by atoms with Crippen LogP contribution in [0.4, 0.5) is 5.69 Å². The highest BCUT2D eigenvalue weighted by Gasteiger charge is 2.19. The molecule has 0 saturated carbocycles. The van der Waals surface area contributed by atoms with Crippen LogP contribution in [0.1, 0.15) is 35.7 Å². The minimum Gasteiger partial charge on any atom is -0.493 e. The van der Waals surface area contributed by atoms with Gasteiger partial charge >= 0.3 is 0 Å². The number of likely N-dealkylation sites (tertiary alicyclic amines) is 1. The molecule has 172 valence electrons. The summed E-state index contributed by atoms with van der Waals surface area (Å²) in [6, 6.07) is 10.9. The highest BCUT2D eigenvalue weighted by molar-refractivity contribution is 6.05. The van der Waals surface area contributed by atoms with Gasteiger partial charge in [0.25, 0.3) is 11.8 Å². The average molecular weight is 442 g/mol. The Balaban J connectivity index is 1.68. The Morgan fingerprint density at radius 3 is 2.34 bits per heavy atom. The summed E-state index contributed by atoms with van der Waals surface area (Å²) in [6.07, 6.45) is 2.55. The normalized spacial score (nSPS) is 16.3. The number of nitrogens with one attached hydrogen (secondary N) is 1. The van der Waals surface area contributed by atoms with Crippen LogP contribution in [-0.2, 0) is 11.3 Å². The van der Waals surface area contributed by atoms with Crippen LogP contribution in [0.3, 0.4) is 0 Å². The van der Waals surface area contributed by atoms with Gasteiger partial charge in [0.2, 0.25) is 5.75 Å².